The molecule has 4 rings (SSSR count). The molecule has 0 bridgehead atoms. The third kappa shape index (κ3) is 6.03. The van der Waals surface area contributed by atoms with E-state index in [1.54, 1.807) is 7.11 Å². The summed E-state index contributed by atoms with van der Waals surface area (Å²) in [4.78, 5) is 31.5. The van der Waals surface area contributed by atoms with Crippen LogP contribution in [0.5, 0.6) is 5.75 Å². The molecule has 1 aromatic heterocycles. The lowest BCUT2D eigenvalue weighted by molar-refractivity contribution is -0.137. The fourth-order valence-electron chi connectivity index (χ4n) is 5.05. The third-order valence-corrected chi connectivity index (χ3v) is 6.95. The number of carbonyl (C=O) groups is 2. The zero-order chi connectivity index (χ0) is 24.6. The van der Waals surface area contributed by atoms with Gasteiger partial charge in [-0.3, -0.25) is 9.59 Å². The first-order valence-electron chi connectivity index (χ1n) is 12.5. The molecule has 1 atom stereocenters. The number of para-hydroxylation sites is 2. The monoisotopic (exact) mass is 476 g/mol. The summed E-state index contributed by atoms with van der Waals surface area (Å²) in [7, 11) is 3.57. The Hall–Kier alpha value is -3.32. The molecule has 0 saturated carbocycles. The highest BCUT2D eigenvalue weighted by Crippen LogP contribution is 2.34. The number of nitrogens with zero attached hydrogens (tertiary/aromatic N) is 1. The molecule has 0 radical (unpaired) electrons. The maximum atomic E-state index is 13.7. The molecule has 35 heavy (non-hydrogen) atoms. The van der Waals surface area contributed by atoms with E-state index in [0.29, 0.717) is 31.8 Å². The molecule has 2 aromatic carbocycles. The number of fused-ring (bicyclic) bond motifs is 1. The lowest BCUT2D eigenvalue weighted by Gasteiger charge is -2.35. The molecule has 1 aliphatic heterocycles. The molecular formula is C28H36N4O3. The van der Waals surface area contributed by atoms with Crippen molar-refractivity contribution in [1.82, 2.24) is 20.5 Å². The molecule has 0 aliphatic carbocycles. The minimum atomic E-state index is -0.584. The molecule has 2 amide bonds. The predicted octanol–water partition coefficient (Wildman–Crippen LogP) is 3.61. The number of H-pyrrole nitrogens is 1. The minimum absolute atomic E-state index is 0.00396. The van der Waals surface area contributed by atoms with Gasteiger partial charge in [-0.25, -0.2) is 0 Å². The van der Waals surface area contributed by atoms with Crippen LogP contribution < -0.4 is 15.4 Å². The minimum Gasteiger partial charge on any atom is -0.496 e. The van der Waals surface area contributed by atoms with Gasteiger partial charge in [0.1, 0.15) is 11.8 Å². The van der Waals surface area contributed by atoms with Crippen LogP contribution in [0.4, 0.5) is 0 Å². The zero-order valence-electron chi connectivity index (χ0n) is 20.7. The normalized spacial score (nSPS) is 15.2. The van der Waals surface area contributed by atoms with E-state index in [0.717, 1.165) is 48.0 Å². The number of likely N-dealkylation sites (tertiary alicyclic amines) is 1. The molecule has 7 heteroatoms. The number of aromatic amines is 1. The zero-order valence-corrected chi connectivity index (χ0v) is 20.7. The van der Waals surface area contributed by atoms with Gasteiger partial charge in [0, 0.05) is 43.0 Å². The van der Waals surface area contributed by atoms with Crippen molar-refractivity contribution in [2.45, 2.75) is 44.1 Å². The van der Waals surface area contributed by atoms with Crippen LogP contribution in [0.15, 0.2) is 54.7 Å². The number of amides is 2. The van der Waals surface area contributed by atoms with Crippen molar-refractivity contribution in [3.63, 3.8) is 0 Å². The van der Waals surface area contributed by atoms with Crippen molar-refractivity contribution in [1.29, 1.82) is 0 Å². The van der Waals surface area contributed by atoms with Crippen molar-refractivity contribution < 1.29 is 14.3 Å². The van der Waals surface area contributed by atoms with Gasteiger partial charge in [0.05, 0.1) is 7.11 Å². The molecular weight excluding hydrogens is 440 g/mol. The summed E-state index contributed by atoms with van der Waals surface area (Å²) in [5.41, 5.74) is 3.28. The Morgan fingerprint density at radius 2 is 1.86 bits per heavy atom. The first-order chi connectivity index (χ1) is 17.1. The van der Waals surface area contributed by atoms with Crippen LogP contribution in [0.25, 0.3) is 10.9 Å². The fraction of sp³-hybridized carbons (Fsp3) is 0.429. The highest BCUT2D eigenvalue weighted by atomic mass is 16.5. The van der Waals surface area contributed by atoms with Crippen molar-refractivity contribution in [2.75, 3.05) is 33.8 Å². The molecule has 186 valence electrons. The van der Waals surface area contributed by atoms with E-state index in [-0.39, 0.29) is 11.8 Å². The lowest BCUT2D eigenvalue weighted by atomic mass is 9.88. The standard InChI is InChI=1S/C28H36N4O3/c1-29-15-7-12-27(33)31-25(18-21-19-30-24-10-5-3-8-22(21)24)28(34)32-16-13-20(14-17-32)23-9-4-6-11-26(23)35-2/h3-6,8-11,19-20,25,29-30H,7,12-18H2,1-2H3,(H,31,33)/t25-/m1/s1. The van der Waals surface area contributed by atoms with Crippen molar-refractivity contribution in [3.05, 3.63) is 65.9 Å². The summed E-state index contributed by atoms with van der Waals surface area (Å²) >= 11 is 0. The van der Waals surface area contributed by atoms with Crippen LogP contribution in [0.1, 0.15) is 42.7 Å². The van der Waals surface area contributed by atoms with Gasteiger partial charge in [-0.15, -0.1) is 0 Å². The van der Waals surface area contributed by atoms with Gasteiger partial charge in [0.15, 0.2) is 0 Å². The highest BCUT2D eigenvalue weighted by molar-refractivity contribution is 5.89. The number of hydrogen-bond donors (Lipinski definition) is 3. The Bertz CT molecular complexity index is 1130. The topological polar surface area (TPSA) is 86.5 Å². The summed E-state index contributed by atoms with van der Waals surface area (Å²) in [6.45, 7) is 2.11. The van der Waals surface area contributed by atoms with E-state index >= 15 is 0 Å². The van der Waals surface area contributed by atoms with E-state index in [4.69, 9.17) is 4.74 Å². The van der Waals surface area contributed by atoms with Gasteiger partial charge in [0.25, 0.3) is 0 Å². The van der Waals surface area contributed by atoms with Crippen LogP contribution in [0, 0.1) is 0 Å². The summed E-state index contributed by atoms with van der Waals surface area (Å²) in [6.07, 6.45) is 5.30. The van der Waals surface area contributed by atoms with Crippen molar-refractivity contribution in [3.8, 4) is 5.75 Å². The Balaban J connectivity index is 1.46. The SMILES string of the molecule is CNCCCC(=O)N[C@H](Cc1c[nH]c2ccccc12)C(=O)N1CCC(c2ccccc2OC)CC1. The Morgan fingerprint density at radius 3 is 2.63 bits per heavy atom. The molecule has 0 spiro atoms. The van der Waals surface area contributed by atoms with Crippen LogP contribution in [0.2, 0.25) is 0 Å². The van der Waals surface area contributed by atoms with E-state index in [1.165, 1.54) is 5.56 Å². The van der Waals surface area contributed by atoms with Crippen molar-refractivity contribution in [2.24, 2.45) is 0 Å². The fourth-order valence-corrected chi connectivity index (χ4v) is 5.05. The Labute approximate surface area is 207 Å². The number of hydrogen-bond acceptors (Lipinski definition) is 4. The molecule has 1 aliphatic rings. The van der Waals surface area contributed by atoms with E-state index < -0.39 is 6.04 Å². The maximum Gasteiger partial charge on any atom is 0.245 e. The summed E-state index contributed by atoms with van der Waals surface area (Å²) < 4.78 is 5.55. The lowest BCUT2D eigenvalue weighted by Crippen LogP contribution is -2.51. The Morgan fingerprint density at radius 1 is 1.11 bits per heavy atom. The van der Waals surface area contributed by atoms with Crippen LogP contribution in [-0.4, -0.2) is 61.5 Å². The third-order valence-electron chi connectivity index (χ3n) is 6.95. The van der Waals surface area contributed by atoms with Gasteiger partial charge >= 0.3 is 0 Å². The number of carbonyl (C=O) groups excluding carboxylic acids is 2. The van der Waals surface area contributed by atoms with E-state index in [9.17, 15) is 9.59 Å². The number of rotatable bonds is 10. The van der Waals surface area contributed by atoms with Gasteiger partial charge in [-0.2, -0.15) is 0 Å². The molecule has 1 saturated heterocycles. The second-order valence-electron chi connectivity index (χ2n) is 9.23. The Kier molecular flexibility index (Phi) is 8.42. The molecule has 1 fully saturated rings. The molecule has 2 heterocycles. The highest BCUT2D eigenvalue weighted by Gasteiger charge is 2.31. The van der Waals surface area contributed by atoms with Crippen LogP contribution in [-0.2, 0) is 16.0 Å². The van der Waals surface area contributed by atoms with Gasteiger partial charge in [-0.1, -0.05) is 36.4 Å². The van der Waals surface area contributed by atoms with E-state index in [1.807, 2.05) is 54.5 Å². The second kappa shape index (κ2) is 11.9. The number of benzene rings is 2. The second-order valence-corrected chi connectivity index (χ2v) is 9.23. The first kappa shape index (κ1) is 24.8. The molecule has 3 N–H and O–H groups in total. The van der Waals surface area contributed by atoms with Crippen molar-refractivity contribution >= 4 is 22.7 Å². The number of piperidine rings is 1. The largest absolute Gasteiger partial charge is 0.496 e. The van der Waals surface area contributed by atoms with E-state index in [2.05, 4.69) is 27.8 Å². The van der Waals surface area contributed by atoms with Gasteiger partial charge < -0.3 is 25.3 Å². The predicted molar refractivity (Wildman–Crippen MR) is 139 cm³/mol. The quantitative estimate of drug-likeness (QED) is 0.390. The molecule has 0 unspecified atom stereocenters. The number of ether oxygens (including phenoxy) is 1. The average Bonchev–Trinajstić information content (AvgIpc) is 3.31. The summed E-state index contributed by atoms with van der Waals surface area (Å²) in [6, 6.07) is 15.6. The van der Waals surface area contributed by atoms with Crippen LogP contribution in [0.3, 0.4) is 0 Å². The number of methoxy groups -OCH3 is 1. The molecule has 3 aromatic rings. The smallest absolute Gasteiger partial charge is 0.245 e. The summed E-state index contributed by atoms with van der Waals surface area (Å²) in [5, 5.41) is 7.20. The summed E-state index contributed by atoms with van der Waals surface area (Å²) in [5.74, 6) is 1.18. The van der Waals surface area contributed by atoms with Gasteiger partial charge in [-0.05, 0) is 62.0 Å². The maximum absolute atomic E-state index is 13.7. The molecule has 7 nitrogen and oxygen atoms in total. The average molecular weight is 477 g/mol. The number of nitrogens with one attached hydrogen (secondary N) is 3. The number of aromatic nitrogens is 1. The first-order valence-corrected chi connectivity index (χ1v) is 12.5. The van der Waals surface area contributed by atoms with Gasteiger partial charge in [0.2, 0.25) is 11.8 Å². The van der Waals surface area contributed by atoms with Crippen LogP contribution >= 0.6 is 0 Å².